The van der Waals surface area contributed by atoms with Crippen LogP contribution in [0.5, 0.6) is 0 Å². The van der Waals surface area contributed by atoms with Gasteiger partial charge in [0.2, 0.25) is 0 Å². The van der Waals surface area contributed by atoms with Gasteiger partial charge in [-0.15, -0.1) is 0 Å². The minimum Gasteiger partial charge on any atom is -0.397 e. The maximum Gasteiger partial charge on any atom is 0.276 e. The van der Waals surface area contributed by atoms with Gasteiger partial charge in [0.25, 0.3) is 5.91 Å². The van der Waals surface area contributed by atoms with E-state index in [0.29, 0.717) is 24.5 Å². The number of nitrogen functional groups attached to an aromatic ring is 1. The molecule has 0 bridgehead atoms. The summed E-state index contributed by atoms with van der Waals surface area (Å²) in [4.78, 5) is 19.2. The van der Waals surface area contributed by atoms with E-state index in [1.807, 2.05) is 4.90 Å². The molecule has 1 saturated heterocycles. The summed E-state index contributed by atoms with van der Waals surface area (Å²) in [6.45, 7) is 6.63. The smallest absolute Gasteiger partial charge is 0.276 e. The summed E-state index contributed by atoms with van der Waals surface area (Å²) in [5.41, 5.74) is 6.67. The second kappa shape index (κ2) is 10.2. The Kier molecular flexibility index (Phi) is 7.37. The number of hydrogen-bond acceptors (Lipinski definition) is 5. The second-order valence-corrected chi connectivity index (χ2v) is 7.42. The van der Waals surface area contributed by atoms with E-state index in [1.165, 1.54) is 18.2 Å². The van der Waals surface area contributed by atoms with Gasteiger partial charge in [-0.3, -0.25) is 4.79 Å². The molecule has 1 aromatic heterocycles. The van der Waals surface area contributed by atoms with Gasteiger partial charge in [0, 0.05) is 13.1 Å². The number of nitrogens with one attached hydrogen (secondary N) is 1. The van der Waals surface area contributed by atoms with Crippen molar-refractivity contribution < 1.29 is 18.7 Å². The third-order valence-corrected chi connectivity index (χ3v) is 5.19. The molecule has 0 saturated carbocycles. The summed E-state index contributed by atoms with van der Waals surface area (Å²) in [6.07, 6.45) is 6.12. The van der Waals surface area contributed by atoms with Gasteiger partial charge < -0.3 is 21.1 Å². The van der Waals surface area contributed by atoms with E-state index in [2.05, 4.69) is 16.9 Å². The van der Waals surface area contributed by atoms with Crippen molar-refractivity contribution in [1.82, 2.24) is 15.2 Å². The van der Waals surface area contributed by atoms with E-state index in [9.17, 15) is 18.7 Å². The molecule has 0 radical (unpaired) electrons. The molecule has 4 N–H and O–H groups in total. The number of benzene rings is 1. The molecule has 0 spiro atoms. The van der Waals surface area contributed by atoms with E-state index in [4.69, 9.17) is 5.73 Å². The van der Waals surface area contributed by atoms with Gasteiger partial charge in [-0.05, 0) is 50.1 Å². The zero-order valence-electron chi connectivity index (χ0n) is 17.8. The van der Waals surface area contributed by atoms with Crippen molar-refractivity contribution in [2.45, 2.75) is 25.9 Å². The van der Waals surface area contributed by atoms with Crippen LogP contribution in [-0.4, -0.2) is 40.1 Å². The minimum atomic E-state index is -0.789. The number of carbonyl (C=O) groups excluding carboxylic acids is 1. The Morgan fingerprint density at radius 3 is 2.66 bits per heavy atom. The first kappa shape index (κ1) is 23.1. The van der Waals surface area contributed by atoms with Crippen LogP contribution in [0, 0.1) is 11.6 Å². The lowest BCUT2D eigenvalue weighted by atomic mass is 10.1. The molecule has 0 unspecified atom stereocenters. The number of pyridine rings is 1. The first-order chi connectivity index (χ1) is 15.3. The lowest BCUT2D eigenvalue weighted by Crippen LogP contribution is -2.40. The van der Waals surface area contributed by atoms with Crippen LogP contribution in [0.2, 0.25) is 0 Å². The van der Waals surface area contributed by atoms with Gasteiger partial charge in [0.1, 0.15) is 11.6 Å². The van der Waals surface area contributed by atoms with Crippen molar-refractivity contribution in [1.29, 1.82) is 0 Å². The SMILES string of the molecule is C=C/C=C(\C(=C/C)NC(=O)c1nc(-c2c(F)cccc2F)ccc1N)N1CCC[C@H](O)C1. The van der Waals surface area contributed by atoms with Crippen molar-refractivity contribution in [2.24, 2.45) is 0 Å². The quantitative estimate of drug-likeness (QED) is 0.595. The van der Waals surface area contributed by atoms with Crippen LogP contribution in [0.4, 0.5) is 14.5 Å². The molecule has 1 atom stereocenters. The number of rotatable bonds is 6. The van der Waals surface area contributed by atoms with Crippen LogP contribution in [0.15, 0.2) is 66.5 Å². The Morgan fingerprint density at radius 1 is 1.31 bits per heavy atom. The molecule has 168 valence electrons. The van der Waals surface area contributed by atoms with Crippen molar-refractivity contribution in [3.63, 3.8) is 0 Å². The molecular weight excluding hydrogens is 414 g/mol. The van der Waals surface area contributed by atoms with E-state index >= 15 is 0 Å². The summed E-state index contributed by atoms with van der Waals surface area (Å²) in [6, 6.07) is 6.24. The van der Waals surface area contributed by atoms with Gasteiger partial charge in [-0.1, -0.05) is 24.8 Å². The lowest BCUT2D eigenvalue weighted by molar-refractivity contribution is 0.0876. The van der Waals surface area contributed by atoms with Crippen molar-refractivity contribution in [2.75, 3.05) is 18.8 Å². The summed E-state index contributed by atoms with van der Waals surface area (Å²) in [5, 5.41) is 12.8. The van der Waals surface area contributed by atoms with Gasteiger partial charge >= 0.3 is 0 Å². The van der Waals surface area contributed by atoms with Crippen molar-refractivity contribution in [3.05, 3.63) is 83.9 Å². The van der Waals surface area contributed by atoms with Crippen LogP contribution in [0.25, 0.3) is 11.3 Å². The van der Waals surface area contributed by atoms with E-state index in [-0.39, 0.29) is 22.6 Å². The van der Waals surface area contributed by atoms with Gasteiger partial charge in [0.05, 0.1) is 34.4 Å². The summed E-state index contributed by atoms with van der Waals surface area (Å²) in [5.74, 6) is -2.20. The molecule has 1 aromatic carbocycles. The number of carbonyl (C=O) groups is 1. The number of nitrogens with two attached hydrogens (primary N) is 1. The molecule has 2 heterocycles. The third-order valence-electron chi connectivity index (χ3n) is 5.19. The largest absolute Gasteiger partial charge is 0.397 e. The monoisotopic (exact) mass is 440 g/mol. The third kappa shape index (κ3) is 5.03. The number of allylic oxidation sites excluding steroid dienone is 3. The number of likely N-dealkylation sites (tertiary alicyclic amines) is 1. The standard InChI is InChI=1S/C24H26F2N4O2/c1-3-7-21(30-13-6-8-15(31)14-30)19(4-2)29-24(32)23-18(27)11-12-20(28-23)22-16(25)9-5-10-17(22)26/h3-5,7,9-12,15,31H,1,6,8,13-14,27H2,2H3,(H,29,32)/b19-4+,21-7+/t15-/m0/s1. The lowest BCUT2D eigenvalue weighted by Gasteiger charge is -2.34. The number of β-amino-alcohol motifs (C(OH)–C–C–N with tert-alkyl or cyclic N) is 1. The highest BCUT2D eigenvalue weighted by Gasteiger charge is 2.24. The average Bonchev–Trinajstić information content (AvgIpc) is 2.77. The van der Waals surface area contributed by atoms with Crippen molar-refractivity contribution >= 4 is 11.6 Å². The Bertz CT molecular complexity index is 1060. The van der Waals surface area contributed by atoms with Gasteiger partial charge in [-0.2, -0.15) is 0 Å². The molecule has 6 nitrogen and oxygen atoms in total. The first-order valence-corrected chi connectivity index (χ1v) is 10.3. The number of piperidine rings is 1. The maximum atomic E-state index is 14.2. The molecular formula is C24H26F2N4O2. The van der Waals surface area contributed by atoms with Crippen LogP contribution in [0.1, 0.15) is 30.3 Å². The number of aliphatic hydroxyl groups excluding tert-OH is 1. The van der Waals surface area contributed by atoms with Crippen LogP contribution < -0.4 is 11.1 Å². The fourth-order valence-corrected chi connectivity index (χ4v) is 3.65. The van der Waals surface area contributed by atoms with Gasteiger partial charge in [0.15, 0.2) is 5.69 Å². The van der Waals surface area contributed by atoms with Crippen LogP contribution in [0.3, 0.4) is 0 Å². The molecule has 32 heavy (non-hydrogen) atoms. The highest BCUT2D eigenvalue weighted by molar-refractivity contribution is 5.99. The van der Waals surface area contributed by atoms with E-state index in [0.717, 1.165) is 25.0 Å². The predicted molar refractivity (Wildman–Crippen MR) is 120 cm³/mol. The summed E-state index contributed by atoms with van der Waals surface area (Å²) >= 11 is 0. The fourth-order valence-electron chi connectivity index (χ4n) is 3.65. The average molecular weight is 440 g/mol. The predicted octanol–water partition coefficient (Wildman–Crippen LogP) is 3.77. The highest BCUT2D eigenvalue weighted by Crippen LogP contribution is 2.26. The molecule has 1 amide bonds. The zero-order chi connectivity index (χ0) is 23.3. The second-order valence-electron chi connectivity index (χ2n) is 7.42. The molecule has 8 heteroatoms. The van der Waals surface area contributed by atoms with E-state index < -0.39 is 23.6 Å². The van der Waals surface area contributed by atoms with Crippen LogP contribution >= 0.6 is 0 Å². The first-order valence-electron chi connectivity index (χ1n) is 10.3. The Balaban J connectivity index is 1.91. The number of hydrogen-bond donors (Lipinski definition) is 3. The molecule has 3 rings (SSSR count). The number of halogens is 2. The Hall–Kier alpha value is -3.52. The summed E-state index contributed by atoms with van der Waals surface area (Å²) in [7, 11) is 0. The molecule has 1 fully saturated rings. The molecule has 2 aromatic rings. The maximum absolute atomic E-state index is 14.2. The molecule has 0 aliphatic carbocycles. The van der Waals surface area contributed by atoms with Crippen molar-refractivity contribution in [3.8, 4) is 11.3 Å². The number of nitrogens with zero attached hydrogens (tertiary/aromatic N) is 2. The minimum absolute atomic E-state index is 0.0389. The molecule has 1 aliphatic heterocycles. The topological polar surface area (TPSA) is 91.5 Å². The number of aromatic nitrogens is 1. The number of aliphatic hydroxyl groups is 1. The zero-order valence-corrected chi connectivity index (χ0v) is 17.8. The number of amides is 1. The Labute approximate surface area is 185 Å². The molecule has 1 aliphatic rings. The fraction of sp³-hybridized carbons (Fsp3) is 0.250. The summed E-state index contributed by atoms with van der Waals surface area (Å²) < 4.78 is 28.4. The number of anilines is 1. The van der Waals surface area contributed by atoms with E-state index in [1.54, 1.807) is 25.2 Å². The van der Waals surface area contributed by atoms with Crippen LogP contribution in [-0.2, 0) is 0 Å². The normalized spacial score (nSPS) is 17.2. The van der Waals surface area contributed by atoms with Gasteiger partial charge in [-0.25, -0.2) is 13.8 Å². The highest BCUT2D eigenvalue weighted by atomic mass is 19.1. The Morgan fingerprint density at radius 2 is 2.03 bits per heavy atom.